The highest BCUT2D eigenvalue weighted by Gasteiger charge is 2.10. The zero-order valence-corrected chi connectivity index (χ0v) is 10.6. The lowest BCUT2D eigenvalue weighted by atomic mass is 9.90. The lowest BCUT2D eigenvalue weighted by molar-refractivity contribution is 0.475. The van der Waals surface area contributed by atoms with E-state index in [2.05, 4.69) is 18.2 Å². The first kappa shape index (κ1) is 13.5. The zero-order chi connectivity index (χ0) is 12.7. The minimum absolute atomic E-state index is 0.316. The molecule has 3 N–H and O–H groups in total. The van der Waals surface area contributed by atoms with Gasteiger partial charge in [0.05, 0.1) is 0 Å². The molecule has 1 unspecified atom stereocenters. The first-order valence-electron chi connectivity index (χ1n) is 6.16. The summed E-state index contributed by atoms with van der Waals surface area (Å²) >= 11 is 0. The maximum Gasteiger partial charge on any atom is 0.115 e. The van der Waals surface area contributed by atoms with Crippen LogP contribution in [0.15, 0.2) is 48.1 Å². The number of aromatic hydroxyl groups is 1. The van der Waals surface area contributed by atoms with E-state index in [1.54, 1.807) is 12.1 Å². The number of allylic oxidation sites excluding steroid dienone is 2. The molecule has 1 aromatic rings. The summed E-state index contributed by atoms with van der Waals surface area (Å²) in [5.41, 5.74) is 7.99. The number of phenolic OH excluding ortho intramolecular Hbond substituents is 1. The van der Waals surface area contributed by atoms with Crippen LogP contribution in [0.5, 0.6) is 5.75 Å². The second-order valence-corrected chi connectivity index (χ2v) is 3.78. The Morgan fingerprint density at radius 3 is 2.35 bits per heavy atom. The van der Waals surface area contributed by atoms with Crippen LogP contribution in [0.1, 0.15) is 31.7 Å². The number of benzene rings is 1. The maximum absolute atomic E-state index is 9.19. The van der Waals surface area contributed by atoms with Crippen LogP contribution in [0, 0.1) is 0 Å². The number of hydrogen-bond acceptors (Lipinski definition) is 2. The molecule has 2 heteroatoms. The lowest BCUT2D eigenvalue weighted by Crippen LogP contribution is -2.05. The average Bonchev–Trinajstić information content (AvgIpc) is 2.42. The Morgan fingerprint density at radius 1 is 1.24 bits per heavy atom. The Labute approximate surface area is 103 Å². The third-order valence-corrected chi connectivity index (χ3v) is 2.73. The van der Waals surface area contributed by atoms with Gasteiger partial charge in [-0.3, -0.25) is 0 Å². The molecular formula is C15H21NO. The topological polar surface area (TPSA) is 46.2 Å². The molecule has 0 radical (unpaired) electrons. The van der Waals surface area contributed by atoms with Gasteiger partial charge in [-0.05, 0) is 29.7 Å². The summed E-state index contributed by atoms with van der Waals surface area (Å²) in [6, 6.07) is 7.38. The van der Waals surface area contributed by atoms with Gasteiger partial charge in [0.15, 0.2) is 0 Å². The van der Waals surface area contributed by atoms with E-state index in [1.807, 2.05) is 26.0 Å². The van der Waals surface area contributed by atoms with Crippen molar-refractivity contribution in [2.45, 2.75) is 26.2 Å². The van der Waals surface area contributed by atoms with E-state index in [-0.39, 0.29) is 0 Å². The van der Waals surface area contributed by atoms with Gasteiger partial charge in [-0.25, -0.2) is 0 Å². The van der Waals surface area contributed by atoms with Gasteiger partial charge in [0.1, 0.15) is 5.75 Å². The van der Waals surface area contributed by atoms with E-state index in [0.717, 1.165) is 6.42 Å². The van der Waals surface area contributed by atoms with Crippen LogP contribution in [0.3, 0.4) is 0 Å². The molecule has 0 fully saturated rings. The third kappa shape index (κ3) is 3.75. The Balaban J connectivity index is 0.000000686. The van der Waals surface area contributed by atoms with Crippen molar-refractivity contribution in [2.75, 3.05) is 6.54 Å². The standard InChI is InChI=1S/C13H15NO.C2H6/c14-9-10-1-3-11(4-2-10)12-5-7-13(15)8-6-12;1-2/h1-3,5-8,11,15H,4,9,14H2;1-2H3. The third-order valence-electron chi connectivity index (χ3n) is 2.73. The Bertz CT molecular complexity index is 390. The molecule has 2 rings (SSSR count). The monoisotopic (exact) mass is 231 g/mol. The van der Waals surface area contributed by atoms with Crippen molar-refractivity contribution in [2.24, 2.45) is 5.73 Å². The van der Waals surface area contributed by atoms with E-state index in [1.165, 1.54) is 11.1 Å². The van der Waals surface area contributed by atoms with Gasteiger partial charge in [-0.1, -0.05) is 44.2 Å². The van der Waals surface area contributed by atoms with Gasteiger partial charge in [-0.2, -0.15) is 0 Å². The number of nitrogens with two attached hydrogens (primary N) is 1. The van der Waals surface area contributed by atoms with Crippen molar-refractivity contribution in [3.05, 3.63) is 53.6 Å². The summed E-state index contributed by atoms with van der Waals surface area (Å²) in [7, 11) is 0. The van der Waals surface area contributed by atoms with Crippen LogP contribution in [-0.4, -0.2) is 11.7 Å². The van der Waals surface area contributed by atoms with Crippen LogP contribution in [0.2, 0.25) is 0 Å². The van der Waals surface area contributed by atoms with Crippen molar-refractivity contribution < 1.29 is 5.11 Å². The molecule has 1 aromatic carbocycles. The van der Waals surface area contributed by atoms with E-state index in [9.17, 15) is 5.11 Å². The van der Waals surface area contributed by atoms with Gasteiger partial charge < -0.3 is 10.8 Å². The molecule has 1 aliphatic rings. The average molecular weight is 231 g/mol. The fourth-order valence-electron chi connectivity index (χ4n) is 1.78. The van der Waals surface area contributed by atoms with E-state index >= 15 is 0 Å². The molecule has 1 aliphatic carbocycles. The minimum atomic E-state index is 0.316. The fraction of sp³-hybridized carbons (Fsp3) is 0.333. The predicted octanol–water partition coefficient (Wildman–Crippen LogP) is 3.35. The molecule has 0 saturated carbocycles. The largest absolute Gasteiger partial charge is 0.508 e. The van der Waals surface area contributed by atoms with Crippen LogP contribution in [0.4, 0.5) is 0 Å². The number of phenols is 1. The first-order valence-corrected chi connectivity index (χ1v) is 6.16. The lowest BCUT2D eigenvalue weighted by Gasteiger charge is -2.15. The number of rotatable bonds is 2. The normalized spacial score (nSPS) is 18.1. The molecule has 1 atom stereocenters. The van der Waals surface area contributed by atoms with Crippen molar-refractivity contribution in [1.29, 1.82) is 0 Å². The molecule has 0 amide bonds. The van der Waals surface area contributed by atoms with Gasteiger partial charge >= 0.3 is 0 Å². The Kier molecular flexibility index (Phi) is 5.50. The predicted molar refractivity (Wildman–Crippen MR) is 73.1 cm³/mol. The minimum Gasteiger partial charge on any atom is -0.508 e. The van der Waals surface area contributed by atoms with E-state index in [4.69, 9.17) is 5.73 Å². The molecule has 0 aromatic heterocycles. The highest BCUT2D eigenvalue weighted by molar-refractivity contribution is 5.35. The summed E-state index contributed by atoms with van der Waals surface area (Å²) in [6.45, 7) is 4.61. The fourth-order valence-corrected chi connectivity index (χ4v) is 1.78. The molecule has 0 bridgehead atoms. The van der Waals surface area contributed by atoms with Crippen molar-refractivity contribution in [3.63, 3.8) is 0 Å². The first-order chi connectivity index (χ1) is 8.29. The van der Waals surface area contributed by atoms with Crippen molar-refractivity contribution in [3.8, 4) is 5.75 Å². The summed E-state index contributed by atoms with van der Waals surface area (Å²) < 4.78 is 0. The molecular weight excluding hydrogens is 210 g/mol. The van der Waals surface area contributed by atoms with Crippen LogP contribution >= 0.6 is 0 Å². The summed E-state index contributed by atoms with van der Waals surface area (Å²) in [5, 5.41) is 9.19. The molecule has 0 spiro atoms. The maximum atomic E-state index is 9.19. The molecule has 0 heterocycles. The SMILES string of the molecule is CC.NCC1=CCC(c2ccc(O)cc2)C=C1. The Hall–Kier alpha value is -1.54. The van der Waals surface area contributed by atoms with Gasteiger partial charge in [-0.15, -0.1) is 0 Å². The van der Waals surface area contributed by atoms with Crippen molar-refractivity contribution >= 4 is 0 Å². The van der Waals surface area contributed by atoms with E-state index in [0.29, 0.717) is 18.2 Å². The summed E-state index contributed by atoms with van der Waals surface area (Å²) in [6.07, 6.45) is 7.43. The molecule has 0 saturated heterocycles. The molecule has 17 heavy (non-hydrogen) atoms. The van der Waals surface area contributed by atoms with Crippen molar-refractivity contribution in [1.82, 2.24) is 0 Å². The zero-order valence-electron chi connectivity index (χ0n) is 10.6. The second kappa shape index (κ2) is 6.92. The molecule has 92 valence electrons. The van der Waals surface area contributed by atoms with Gasteiger partial charge in [0.25, 0.3) is 0 Å². The van der Waals surface area contributed by atoms with Crippen LogP contribution in [0.25, 0.3) is 0 Å². The smallest absolute Gasteiger partial charge is 0.115 e. The van der Waals surface area contributed by atoms with Gasteiger partial charge in [0.2, 0.25) is 0 Å². The van der Waals surface area contributed by atoms with Crippen LogP contribution in [-0.2, 0) is 0 Å². The highest BCUT2D eigenvalue weighted by atomic mass is 16.3. The molecule has 0 aliphatic heterocycles. The highest BCUT2D eigenvalue weighted by Crippen LogP contribution is 2.27. The van der Waals surface area contributed by atoms with Gasteiger partial charge in [0, 0.05) is 12.5 Å². The molecule has 2 nitrogen and oxygen atoms in total. The summed E-state index contributed by atoms with van der Waals surface area (Å²) in [5.74, 6) is 0.734. The number of hydrogen-bond donors (Lipinski definition) is 2. The Morgan fingerprint density at radius 2 is 1.88 bits per heavy atom. The quantitative estimate of drug-likeness (QED) is 0.820. The van der Waals surface area contributed by atoms with Crippen LogP contribution < -0.4 is 5.73 Å². The van der Waals surface area contributed by atoms with E-state index < -0.39 is 0 Å². The summed E-state index contributed by atoms with van der Waals surface area (Å²) in [4.78, 5) is 0. The second-order valence-electron chi connectivity index (χ2n) is 3.78.